The summed E-state index contributed by atoms with van der Waals surface area (Å²) in [6.07, 6.45) is 14.4. The molecule has 3 aromatic rings. The highest BCUT2D eigenvalue weighted by atomic mass is 32.1. The summed E-state index contributed by atoms with van der Waals surface area (Å²) in [5.41, 5.74) is 2.44. The molecular formula is C23H30N4O2S. The van der Waals surface area contributed by atoms with E-state index in [1.807, 2.05) is 29.2 Å². The van der Waals surface area contributed by atoms with Crippen LogP contribution in [-0.2, 0) is 11.3 Å². The number of unbranched alkanes of at least 4 members (excludes halogenated alkanes) is 7. The predicted octanol–water partition coefficient (Wildman–Crippen LogP) is 6.00. The lowest BCUT2D eigenvalue weighted by Crippen LogP contribution is -2.00. The molecule has 0 aliphatic rings. The molecule has 3 rings (SSSR count). The topological polar surface area (TPSA) is 69.9 Å². The molecule has 0 unspecified atom stereocenters. The Morgan fingerprint density at radius 1 is 0.933 bits per heavy atom. The zero-order chi connectivity index (χ0) is 21.2. The lowest BCUT2D eigenvalue weighted by atomic mass is 10.1. The molecule has 0 radical (unpaired) electrons. The van der Waals surface area contributed by atoms with Gasteiger partial charge in [0.2, 0.25) is 0 Å². The van der Waals surface area contributed by atoms with Gasteiger partial charge in [-0.3, -0.25) is 4.68 Å². The van der Waals surface area contributed by atoms with Gasteiger partial charge in [0.25, 0.3) is 0 Å². The van der Waals surface area contributed by atoms with Crippen LogP contribution in [0.5, 0.6) is 0 Å². The quantitative estimate of drug-likeness (QED) is 0.262. The van der Waals surface area contributed by atoms with Gasteiger partial charge in [0.1, 0.15) is 5.01 Å². The minimum Gasteiger partial charge on any atom is -0.465 e. The summed E-state index contributed by atoms with van der Waals surface area (Å²) in [5.74, 6) is -0.344. The number of aromatic nitrogens is 4. The number of rotatable bonds is 12. The predicted molar refractivity (Wildman–Crippen MR) is 121 cm³/mol. The largest absolute Gasteiger partial charge is 0.465 e. The van der Waals surface area contributed by atoms with Gasteiger partial charge in [-0.2, -0.15) is 5.10 Å². The zero-order valence-corrected chi connectivity index (χ0v) is 18.7. The summed E-state index contributed by atoms with van der Waals surface area (Å²) >= 11 is 1.52. The molecule has 0 saturated carbocycles. The van der Waals surface area contributed by atoms with Gasteiger partial charge in [0, 0.05) is 18.3 Å². The number of esters is 1. The van der Waals surface area contributed by atoms with Crippen molar-refractivity contribution >= 4 is 17.3 Å². The van der Waals surface area contributed by atoms with E-state index in [0.717, 1.165) is 34.1 Å². The molecule has 0 aliphatic carbocycles. The maximum absolute atomic E-state index is 11.6. The summed E-state index contributed by atoms with van der Waals surface area (Å²) in [7, 11) is 1.38. The molecule has 30 heavy (non-hydrogen) atoms. The van der Waals surface area contributed by atoms with Gasteiger partial charge in [0.05, 0.1) is 24.4 Å². The van der Waals surface area contributed by atoms with E-state index in [1.54, 1.807) is 12.1 Å². The van der Waals surface area contributed by atoms with Gasteiger partial charge in [-0.25, -0.2) is 4.79 Å². The van der Waals surface area contributed by atoms with E-state index in [2.05, 4.69) is 22.2 Å². The lowest BCUT2D eigenvalue weighted by molar-refractivity contribution is 0.0601. The van der Waals surface area contributed by atoms with E-state index < -0.39 is 0 Å². The van der Waals surface area contributed by atoms with Crippen molar-refractivity contribution in [2.24, 2.45) is 0 Å². The van der Waals surface area contributed by atoms with Crippen LogP contribution in [0.4, 0.5) is 0 Å². The zero-order valence-electron chi connectivity index (χ0n) is 17.8. The molecule has 0 bridgehead atoms. The first-order valence-corrected chi connectivity index (χ1v) is 11.6. The average Bonchev–Trinajstić information content (AvgIpc) is 3.45. The molecular weight excluding hydrogens is 396 g/mol. The number of hydrogen-bond acceptors (Lipinski definition) is 6. The Hall–Kier alpha value is -2.54. The first-order chi connectivity index (χ1) is 14.7. The standard InChI is InChI=1S/C23H30N4O2S/c1-3-4-5-6-7-8-9-10-15-27-17-20(16-24-27)22-26-25-21(30-22)18-11-13-19(14-12-18)23(28)29-2/h11-14,16-17H,3-10,15H2,1-2H3. The van der Waals surface area contributed by atoms with Crippen LogP contribution in [0.3, 0.4) is 0 Å². The normalized spacial score (nSPS) is 11.0. The first kappa shape index (κ1) is 22.2. The fourth-order valence-corrected chi connectivity index (χ4v) is 4.15. The maximum atomic E-state index is 11.6. The van der Waals surface area contributed by atoms with Crippen LogP contribution in [0.25, 0.3) is 21.1 Å². The number of aryl methyl sites for hydroxylation is 1. The molecule has 0 aliphatic heterocycles. The number of carbonyl (C=O) groups excluding carboxylic acids is 1. The molecule has 160 valence electrons. The van der Waals surface area contributed by atoms with Crippen LogP contribution >= 0.6 is 11.3 Å². The fourth-order valence-electron chi connectivity index (χ4n) is 3.33. The van der Waals surface area contributed by atoms with Crippen LogP contribution in [0, 0.1) is 0 Å². The van der Waals surface area contributed by atoms with Crippen molar-refractivity contribution in [3.8, 4) is 21.1 Å². The Morgan fingerprint density at radius 2 is 1.57 bits per heavy atom. The molecule has 2 heterocycles. The van der Waals surface area contributed by atoms with Crippen molar-refractivity contribution in [3.05, 3.63) is 42.2 Å². The number of nitrogens with zero attached hydrogens (tertiary/aromatic N) is 4. The molecule has 0 N–H and O–H groups in total. The van der Waals surface area contributed by atoms with Crippen molar-refractivity contribution < 1.29 is 9.53 Å². The number of ether oxygens (including phenoxy) is 1. The van der Waals surface area contributed by atoms with Crippen molar-refractivity contribution in [2.45, 2.75) is 64.8 Å². The minimum atomic E-state index is -0.344. The third-order valence-corrected chi connectivity index (χ3v) is 6.12. The van der Waals surface area contributed by atoms with E-state index in [0.29, 0.717) is 5.56 Å². The number of methoxy groups -OCH3 is 1. The molecule has 2 aromatic heterocycles. The third kappa shape index (κ3) is 6.23. The van der Waals surface area contributed by atoms with Crippen LogP contribution in [-0.4, -0.2) is 33.1 Å². The molecule has 0 fully saturated rings. The molecule has 0 saturated heterocycles. The smallest absolute Gasteiger partial charge is 0.337 e. The summed E-state index contributed by atoms with van der Waals surface area (Å²) in [4.78, 5) is 11.6. The highest BCUT2D eigenvalue weighted by Gasteiger charge is 2.12. The van der Waals surface area contributed by atoms with Gasteiger partial charge < -0.3 is 4.74 Å². The van der Waals surface area contributed by atoms with Gasteiger partial charge in [-0.1, -0.05) is 75.3 Å². The van der Waals surface area contributed by atoms with Gasteiger partial charge >= 0.3 is 5.97 Å². The summed E-state index contributed by atoms with van der Waals surface area (Å²) < 4.78 is 6.73. The van der Waals surface area contributed by atoms with Gasteiger partial charge in [0.15, 0.2) is 5.01 Å². The molecule has 0 atom stereocenters. The molecule has 0 spiro atoms. The Balaban J connectivity index is 1.49. The van der Waals surface area contributed by atoms with Gasteiger partial charge in [-0.15, -0.1) is 10.2 Å². The average molecular weight is 427 g/mol. The van der Waals surface area contributed by atoms with E-state index in [1.165, 1.54) is 63.4 Å². The molecule has 7 heteroatoms. The molecule has 0 amide bonds. The Morgan fingerprint density at radius 3 is 2.23 bits per heavy atom. The van der Waals surface area contributed by atoms with Crippen molar-refractivity contribution in [1.82, 2.24) is 20.0 Å². The first-order valence-electron chi connectivity index (χ1n) is 10.8. The Kier molecular flexibility index (Phi) is 8.56. The number of hydrogen-bond donors (Lipinski definition) is 0. The fraction of sp³-hybridized carbons (Fsp3) is 0.478. The second-order valence-corrected chi connectivity index (χ2v) is 8.43. The Labute approximate surface area is 182 Å². The monoisotopic (exact) mass is 426 g/mol. The van der Waals surface area contributed by atoms with Crippen LogP contribution in [0.2, 0.25) is 0 Å². The highest BCUT2D eigenvalue weighted by molar-refractivity contribution is 7.17. The highest BCUT2D eigenvalue weighted by Crippen LogP contribution is 2.30. The van der Waals surface area contributed by atoms with E-state index in [4.69, 9.17) is 4.74 Å². The van der Waals surface area contributed by atoms with E-state index in [9.17, 15) is 4.79 Å². The summed E-state index contributed by atoms with van der Waals surface area (Å²) in [6.45, 7) is 3.19. The van der Waals surface area contributed by atoms with Crippen molar-refractivity contribution in [1.29, 1.82) is 0 Å². The van der Waals surface area contributed by atoms with Crippen LogP contribution in [0.1, 0.15) is 68.6 Å². The maximum Gasteiger partial charge on any atom is 0.337 e. The van der Waals surface area contributed by atoms with Crippen LogP contribution in [0.15, 0.2) is 36.7 Å². The Bertz CT molecular complexity index is 917. The van der Waals surface area contributed by atoms with Gasteiger partial charge in [-0.05, 0) is 18.6 Å². The van der Waals surface area contributed by atoms with Crippen molar-refractivity contribution in [2.75, 3.05) is 7.11 Å². The van der Waals surface area contributed by atoms with E-state index in [-0.39, 0.29) is 5.97 Å². The number of benzene rings is 1. The summed E-state index contributed by atoms with van der Waals surface area (Å²) in [5, 5.41) is 14.8. The van der Waals surface area contributed by atoms with Crippen molar-refractivity contribution in [3.63, 3.8) is 0 Å². The second-order valence-electron chi connectivity index (χ2n) is 7.45. The molecule has 6 nitrogen and oxygen atoms in total. The van der Waals surface area contributed by atoms with E-state index >= 15 is 0 Å². The van der Waals surface area contributed by atoms with Crippen LogP contribution < -0.4 is 0 Å². The third-order valence-electron chi connectivity index (χ3n) is 5.10. The summed E-state index contributed by atoms with van der Waals surface area (Å²) in [6, 6.07) is 7.21. The number of carbonyl (C=O) groups is 1. The molecule has 1 aromatic carbocycles. The second kappa shape index (κ2) is 11.6. The lowest BCUT2D eigenvalue weighted by Gasteiger charge is -2.02. The minimum absolute atomic E-state index is 0.344. The SMILES string of the molecule is CCCCCCCCCCn1cc(-c2nnc(-c3ccc(C(=O)OC)cc3)s2)cn1.